The molecule has 0 aliphatic rings. The number of fused-ring (bicyclic) bond motifs is 1. The summed E-state index contributed by atoms with van der Waals surface area (Å²) in [5.41, 5.74) is 1.47. The van der Waals surface area contributed by atoms with Gasteiger partial charge in [-0.2, -0.15) is 0 Å². The maximum Gasteiger partial charge on any atom is 0.307 e. The van der Waals surface area contributed by atoms with Crippen molar-refractivity contribution in [2.24, 2.45) is 0 Å². The van der Waals surface area contributed by atoms with E-state index in [-0.39, 0.29) is 6.42 Å². The Morgan fingerprint density at radius 1 is 1.67 bits per heavy atom. The molecule has 0 unspecified atom stereocenters. The number of aromatic nitrogens is 2. The first-order chi connectivity index (χ1) is 7.22. The van der Waals surface area contributed by atoms with Crippen molar-refractivity contribution in [1.29, 1.82) is 0 Å². The normalized spacial score (nSPS) is 10.5. The lowest BCUT2D eigenvalue weighted by Crippen LogP contribution is -1.98. The summed E-state index contributed by atoms with van der Waals surface area (Å²) in [6.07, 6.45) is 3.26. The maximum absolute atomic E-state index is 10.6. The molecule has 2 N–H and O–H groups in total. The van der Waals surface area contributed by atoms with Gasteiger partial charge in [0.15, 0.2) is 0 Å². The monoisotopic (exact) mass is 206 g/mol. The Bertz CT molecular complexity index is 504. The summed E-state index contributed by atoms with van der Waals surface area (Å²) in [7, 11) is 1.53. The summed E-state index contributed by atoms with van der Waals surface area (Å²) in [4.78, 5) is 17.6. The lowest BCUT2D eigenvalue weighted by atomic mass is 10.1. The summed E-state index contributed by atoms with van der Waals surface area (Å²) in [5.74, 6) is -0.379. The summed E-state index contributed by atoms with van der Waals surface area (Å²) in [5, 5.41) is 9.55. The van der Waals surface area contributed by atoms with E-state index in [1.165, 1.54) is 7.11 Å². The van der Waals surface area contributed by atoms with Gasteiger partial charge in [-0.15, -0.1) is 0 Å². The number of nitrogens with zero attached hydrogens (tertiary/aromatic N) is 1. The number of rotatable bonds is 3. The number of aliphatic carboxylic acids is 1. The second kappa shape index (κ2) is 3.61. The van der Waals surface area contributed by atoms with E-state index in [0.29, 0.717) is 5.88 Å². The molecule has 0 aliphatic heterocycles. The highest BCUT2D eigenvalue weighted by molar-refractivity contribution is 5.89. The molecule has 2 aromatic rings. The molecule has 0 bridgehead atoms. The van der Waals surface area contributed by atoms with E-state index in [4.69, 9.17) is 9.84 Å². The average molecular weight is 206 g/mol. The summed E-state index contributed by atoms with van der Waals surface area (Å²) in [6, 6.07) is 1.77. The van der Waals surface area contributed by atoms with Crippen molar-refractivity contribution < 1.29 is 14.6 Å². The van der Waals surface area contributed by atoms with Crippen LogP contribution in [0, 0.1) is 0 Å². The van der Waals surface area contributed by atoms with Crippen LogP contribution in [0.15, 0.2) is 18.5 Å². The Kier molecular flexibility index (Phi) is 2.29. The molecular formula is C10H10N2O3. The van der Waals surface area contributed by atoms with Gasteiger partial charge >= 0.3 is 5.97 Å². The van der Waals surface area contributed by atoms with E-state index in [9.17, 15) is 4.79 Å². The molecule has 0 saturated carbocycles. The molecular weight excluding hydrogens is 196 g/mol. The van der Waals surface area contributed by atoms with Gasteiger partial charge in [0, 0.05) is 17.8 Å². The van der Waals surface area contributed by atoms with E-state index in [0.717, 1.165) is 16.5 Å². The van der Waals surface area contributed by atoms with Gasteiger partial charge in [-0.1, -0.05) is 0 Å². The van der Waals surface area contributed by atoms with Crippen LogP contribution in [0.2, 0.25) is 0 Å². The van der Waals surface area contributed by atoms with Gasteiger partial charge in [-0.3, -0.25) is 4.79 Å². The van der Waals surface area contributed by atoms with Gasteiger partial charge in [-0.05, 0) is 11.6 Å². The zero-order chi connectivity index (χ0) is 10.8. The van der Waals surface area contributed by atoms with Crippen molar-refractivity contribution in [3.05, 3.63) is 24.0 Å². The first kappa shape index (κ1) is 9.51. The van der Waals surface area contributed by atoms with Gasteiger partial charge in [0.25, 0.3) is 0 Å². The number of carbonyl (C=O) groups is 1. The molecule has 0 aromatic carbocycles. The van der Waals surface area contributed by atoms with Gasteiger partial charge in [0.2, 0.25) is 5.88 Å². The molecule has 0 amide bonds. The SMILES string of the molecule is COc1nccc2c(CC(=O)O)c[nH]c12. The maximum atomic E-state index is 10.6. The van der Waals surface area contributed by atoms with E-state index < -0.39 is 5.97 Å². The molecule has 0 saturated heterocycles. The molecule has 0 aliphatic carbocycles. The van der Waals surface area contributed by atoms with Crippen molar-refractivity contribution in [3.63, 3.8) is 0 Å². The quantitative estimate of drug-likeness (QED) is 0.791. The average Bonchev–Trinajstić information content (AvgIpc) is 2.61. The fourth-order valence-electron chi connectivity index (χ4n) is 1.55. The highest BCUT2D eigenvalue weighted by Gasteiger charge is 2.10. The Labute approximate surface area is 85.7 Å². The van der Waals surface area contributed by atoms with Gasteiger partial charge in [0.05, 0.1) is 13.5 Å². The predicted octanol–water partition coefficient (Wildman–Crippen LogP) is 1.20. The largest absolute Gasteiger partial charge is 0.481 e. The summed E-state index contributed by atoms with van der Waals surface area (Å²) >= 11 is 0. The second-order valence-electron chi connectivity index (χ2n) is 3.13. The molecule has 0 fully saturated rings. The number of aromatic amines is 1. The third-order valence-electron chi connectivity index (χ3n) is 2.19. The van der Waals surface area contributed by atoms with E-state index >= 15 is 0 Å². The number of pyridine rings is 1. The van der Waals surface area contributed by atoms with Crippen molar-refractivity contribution in [1.82, 2.24) is 9.97 Å². The van der Waals surface area contributed by atoms with Gasteiger partial charge < -0.3 is 14.8 Å². The standard InChI is InChI=1S/C10H10N2O3/c1-15-10-9-7(2-3-11-10)6(5-12-9)4-8(13)14/h2-3,5,12H,4H2,1H3,(H,13,14). The molecule has 78 valence electrons. The Morgan fingerprint density at radius 3 is 3.13 bits per heavy atom. The van der Waals surface area contributed by atoms with Crippen LogP contribution in [-0.2, 0) is 11.2 Å². The van der Waals surface area contributed by atoms with Gasteiger partial charge in [0.1, 0.15) is 5.52 Å². The lowest BCUT2D eigenvalue weighted by Gasteiger charge is -1.99. The van der Waals surface area contributed by atoms with Crippen LogP contribution < -0.4 is 4.74 Å². The number of nitrogens with one attached hydrogen (secondary N) is 1. The van der Waals surface area contributed by atoms with Crippen molar-refractivity contribution in [2.75, 3.05) is 7.11 Å². The van der Waals surface area contributed by atoms with Gasteiger partial charge in [-0.25, -0.2) is 4.98 Å². The van der Waals surface area contributed by atoms with Crippen LogP contribution in [-0.4, -0.2) is 28.2 Å². The third-order valence-corrected chi connectivity index (χ3v) is 2.19. The number of ether oxygens (including phenoxy) is 1. The number of methoxy groups -OCH3 is 1. The Morgan fingerprint density at radius 2 is 2.47 bits per heavy atom. The van der Waals surface area contributed by atoms with Crippen molar-refractivity contribution >= 4 is 16.9 Å². The minimum absolute atomic E-state index is 0.00678. The third kappa shape index (κ3) is 1.63. The number of carboxylic acid groups (broad SMARTS) is 1. The fourth-order valence-corrected chi connectivity index (χ4v) is 1.55. The number of H-pyrrole nitrogens is 1. The van der Waals surface area contributed by atoms with Crippen LogP contribution in [0.4, 0.5) is 0 Å². The molecule has 2 heterocycles. The predicted molar refractivity (Wildman–Crippen MR) is 54.0 cm³/mol. The van der Waals surface area contributed by atoms with E-state index in [1.807, 2.05) is 0 Å². The molecule has 15 heavy (non-hydrogen) atoms. The second-order valence-corrected chi connectivity index (χ2v) is 3.13. The van der Waals surface area contributed by atoms with Crippen LogP contribution in [0.5, 0.6) is 5.88 Å². The molecule has 2 aromatic heterocycles. The van der Waals surface area contributed by atoms with Crippen LogP contribution in [0.3, 0.4) is 0 Å². The molecule has 0 spiro atoms. The smallest absolute Gasteiger partial charge is 0.307 e. The zero-order valence-electron chi connectivity index (χ0n) is 8.15. The number of hydrogen-bond donors (Lipinski definition) is 2. The first-order valence-electron chi connectivity index (χ1n) is 4.43. The summed E-state index contributed by atoms with van der Waals surface area (Å²) < 4.78 is 5.06. The number of carboxylic acids is 1. The molecule has 2 rings (SSSR count). The van der Waals surface area contributed by atoms with E-state index in [2.05, 4.69) is 9.97 Å². The van der Waals surface area contributed by atoms with Crippen molar-refractivity contribution in [3.8, 4) is 5.88 Å². The lowest BCUT2D eigenvalue weighted by molar-refractivity contribution is -0.136. The highest BCUT2D eigenvalue weighted by Crippen LogP contribution is 2.24. The van der Waals surface area contributed by atoms with Crippen LogP contribution in [0.25, 0.3) is 10.9 Å². The van der Waals surface area contributed by atoms with Crippen molar-refractivity contribution in [2.45, 2.75) is 6.42 Å². The fraction of sp³-hybridized carbons (Fsp3) is 0.200. The molecule has 0 atom stereocenters. The highest BCUT2D eigenvalue weighted by atomic mass is 16.5. The zero-order valence-corrected chi connectivity index (χ0v) is 8.15. The minimum atomic E-state index is -0.855. The molecule has 5 nitrogen and oxygen atoms in total. The topological polar surface area (TPSA) is 75.2 Å². The first-order valence-corrected chi connectivity index (χ1v) is 4.43. The number of hydrogen-bond acceptors (Lipinski definition) is 3. The minimum Gasteiger partial charge on any atom is -0.481 e. The van der Waals surface area contributed by atoms with Crippen LogP contribution >= 0.6 is 0 Å². The summed E-state index contributed by atoms with van der Waals surface area (Å²) in [6.45, 7) is 0. The molecule has 0 radical (unpaired) electrons. The Balaban J connectivity index is 2.55. The Hall–Kier alpha value is -2.04. The van der Waals surface area contributed by atoms with Crippen LogP contribution in [0.1, 0.15) is 5.56 Å². The van der Waals surface area contributed by atoms with E-state index in [1.54, 1.807) is 18.5 Å². The molecule has 5 heteroatoms.